The van der Waals surface area contributed by atoms with Gasteiger partial charge in [-0.15, -0.1) is 0 Å². The number of carbonyl (C=O) groups is 2. The van der Waals surface area contributed by atoms with E-state index in [1.54, 1.807) is 25.3 Å². The van der Waals surface area contributed by atoms with Gasteiger partial charge in [0.05, 0.1) is 7.11 Å². The Labute approximate surface area is 122 Å². The van der Waals surface area contributed by atoms with Gasteiger partial charge in [-0.3, -0.25) is 4.79 Å². The van der Waals surface area contributed by atoms with E-state index in [2.05, 4.69) is 10.3 Å². The van der Waals surface area contributed by atoms with Gasteiger partial charge in [-0.05, 0) is 24.6 Å². The summed E-state index contributed by atoms with van der Waals surface area (Å²) >= 11 is 0. The molecular weight excluding hydrogens is 272 g/mol. The molecule has 1 heterocycles. The minimum absolute atomic E-state index is 0.0916. The summed E-state index contributed by atoms with van der Waals surface area (Å²) in [4.78, 5) is 25.8. The third-order valence-electron chi connectivity index (χ3n) is 3.27. The zero-order valence-electron chi connectivity index (χ0n) is 12.0. The maximum Gasteiger partial charge on any atom is 0.352 e. The number of aromatic amines is 1. The van der Waals surface area contributed by atoms with Crippen LogP contribution in [0.25, 0.3) is 10.9 Å². The van der Waals surface area contributed by atoms with Gasteiger partial charge in [-0.25, -0.2) is 4.79 Å². The van der Waals surface area contributed by atoms with E-state index in [0.29, 0.717) is 23.3 Å². The van der Waals surface area contributed by atoms with Gasteiger partial charge < -0.3 is 20.1 Å². The van der Waals surface area contributed by atoms with E-state index < -0.39 is 5.97 Å². The number of benzene rings is 1. The highest BCUT2D eigenvalue weighted by Crippen LogP contribution is 2.26. The van der Waals surface area contributed by atoms with Gasteiger partial charge in [-0.1, -0.05) is 6.92 Å². The van der Waals surface area contributed by atoms with E-state index in [-0.39, 0.29) is 18.1 Å². The zero-order chi connectivity index (χ0) is 15.4. The van der Waals surface area contributed by atoms with Crippen LogP contribution in [0, 0.1) is 0 Å². The molecule has 2 rings (SSSR count). The monoisotopic (exact) mass is 290 g/mol. The number of ether oxygens (including phenoxy) is 1. The molecule has 0 atom stereocenters. The number of H-pyrrole nitrogens is 1. The Bertz CT molecular complexity index is 676. The third-order valence-corrected chi connectivity index (χ3v) is 3.27. The Kier molecular flexibility index (Phi) is 4.47. The molecule has 1 aromatic heterocycles. The van der Waals surface area contributed by atoms with Crippen LogP contribution in [0.3, 0.4) is 0 Å². The van der Waals surface area contributed by atoms with E-state index in [4.69, 9.17) is 4.74 Å². The fourth-order valence-corrected chi connectivity index (χ4v) is 2.22. The number of hydrogen-bond donors (Lipinski definition) is 3. The predicted octanol–water partition coefficient (Wildman–Crippen LogP) is 2.29. The number of fused-ring (bicyclic) bond motifs is 1. The minimum Gasteiger partial charge on any atom is -0.497 e. The summed E-state index contributed by atoms with van der Waals surface area (Å²) in [7, 11) is 1.55. The van der Waals surface area contributed by atoms with Crippen LogP contribution in [-0.2, 0) is 11.3 Å². The van der Waals surface area contributed by atoms with E-state index in [1.807, 2.05) is 6.92 Å². The number of amides is 1. The van der Waals surface area contributed by atoms with E-state index in [1.165, 1.54) is 0 Å². The van der Waals surface area contributed by atoms with Crippen LogP contribution in [0.15, 0.2) is 18.2 Å². The summed E-state index contributed by atoms with van der Waals surface area (Å²) in [6.45, 7) is 2.09. The second kappa shape index (κ2) is 6.30. The molecular formula is C15H18N2O4. The number of carbonyl (C=O) groups excluding carboxylic acids is 1. The van der Waals surface area contributed by atoms with E-state index in [0.717, 1.165) is 11.8 Å². The normalized spacial score (nSPS) is 10.6. The number of methoxy groups -OCH3 is 1. The summed E-state index contributed by atoms with van der Waals surface area (Å²) in [5, 5.41) is 12.8. The third kappa shape index (κ3) is 3.16. The molecule has 0 aliphatic heterocycles. The van der Waals surface area contributed by atoms with Crippen LogP contribution in [-0.4, -0.2) is 29.1 Å². The average Bonchev–Trinajstić information content (AvgIpc) is 2.83. The van der Waals surface area contributed by atoms with Gasteiger partial charge >= 0.3 is 5.97 Å². The Morgan fingerprint density at radius 3 is 2.76 bits per heavy atom. The number of aromatic carboxylic acids is 1. The van der Waals surface area contributed by atoms with Crippen LogP contribution in [0.5, 0.6) is 5.75 Å². The van der Waals surface area contributed by atoms with Crippen LogP contribution in [0.1, 0.15) is 35.8 Å². The fraction of sp³-hybridized carbons (Fsp3) is 0.333. The predicted molar refractivity (Wildman–Crippen MR) is 78.6 cm³/mol. The molecule has 3 N–H and O–H groups in total. The molecule has 1 amide bonds. The molecule has 2 aromatic rings. The van der Waals surface area contributed by atoms with Crippen molar-refractivity contribution in [1.82, 2.24) is 10.3 Å². The molecule has 21 heavy (non-hydrogen) atoms. The standard InChI is InChI=1S/C15H18N2O4/c1-3-4-13(18)16-8-11-10-7-9(21-2)5-6-12(10)17-14(11)15(19)20/h5-7,17H,3-4,8H2,1-2H3,(H,16,18)(H,19,20). The number of nitrogens with one attached hydrogen (secondary N) is 2. The van der Waals surface area contributed by atoms with Gasteiger partial charge in [0.15, 0.2) is 0 Å². The van der Waals surface area contributed by atoms with Crippen molar-refractivity contribution in [2.24, 2.45) is 0 Å². The number of carboxylic acid groups (broad SMARTS) is 1. The summed E-state index contributed by atoms with van der Waals surface area (Å²) in [5.41, 5.74) is 1.35. The summed E-state index contributed by atoms with van der Waals surface area (Å²) in [6, 6.07) is 5.28. The maximum absolute atomic E-state index is 11.6. The minimum atomic E-state index is -1.05. The molecule has 0 fully saturated rings. The molecule has 0 unspecified atom stereocenters. The molecule has 6 heteroatoms. The first-order chi connectivity index (χ1) is 10.1. The smallest absolute Gasteiger partial charge is 0.352 e. The topological polar surface area (TPSA) is 91.4 Å². The molecule has 0 saturated carbocycles. The largest absolute Gasteiger partial charge is 0.497 e. The van der Waals surface area contributed by atoms with E-state index in [9.17, 15) is 14.7 Å². The first-order valence-electron chi connectivity index (χ1n) is 6.75. The van der Waals surface area contributed by atoms with Crippen molar-refractivity contribution in [2.45, 2.75) is 26.3 Å². The molecule has 0 aliphatic carbocycles. The van der Waals surface area contributed by atoms with Gasteiger partial charge in [-0.2, -0.15) is 0 Å². The molecule has 0 radical (unpaired) electrons. The second-order valence-electron chi connectivity index (χ2n) is 4.72. The number of rotatable bonds is 6. The van der Waals surface area contributed by atoms with Crippen LogP contribution in [0.2, 0.25) is 0 Å². The van der Waals surface area contributed by atoms with Crippen molar-refractivity contribution in [3.8, 4) is 5.75 Å². The highest BCUT2D eigenvalue weighted by Gasteiger charge is 2.18. The van der Waals surface area contributed by atoms with Gasteiger partial charge in [0, 0.05) is 29.4 Å². The highest BCUT2D eigenvalue weighted by atomic mass is 16.5. The average molecular weight is 290 g/mol. The maximum atomic E-state index is 11.6. The zero-order valence-corrected chi connectivity index (χ0v) is 12.0. The van der Waals surface area contributed by atoms with Crippen molar-refractivity contribution >= 4 is 22.8 Å². The van der Waals surface area contributed by atoms with Crippen molar-refractivity contribution < 1.29 is 19.4 Å². The Morgan fingerprint density at radius 2 is 2.14 bits per heavy atom. The van der Waals surface area contributed by atoms with Gasteiger partial charge in [0.1, 0.15) is 11.4 Å². The molecule has 0 bridgehead atoms. The number of aromatic nitrogens is 1. The summed E-state index contributed by atoms with van der Waals surface area (Å²) < 4.78 is 5.16. The summed E-state index contributed by atoms with van der Waals surface area (Å²) in [5.74, 6) is -0.504. The number of hydrogen-bond acceptors (Lipinski definition) is 3. The Hall–Kier alpha value is -2.50. The van der Waals surface area contributed by atoms with Crippen LogP contribution < -0.4 is 10.1 Å². The lowest BCUT2D eigenvalue weighted by atomic mass is 10.1. The molecule has 0 aliphatic rings. The lowest BCUT2D eigenvalue weighted by Gasteiger charge is -2.05. The number of carboxylic acids is 1. The lowest BCUT2D eigenvalue weighted by molar-refractivity contribution is -0.121. The van der Waals surface area contributed by atoms with Crippen molar-refractivity contribution in [1.29, 1.82) is 0 Å². The van der Waals surface area contributed by atoms with Crippen molar-refractivity contribution in [2.75, 3.05) is 7.11 Å². The molecule has 0 spiro atoms. The molecule has 6 nitrogen and oxygen atoms in total. The van der Waals surface area contributed by atoms with Gasteiger partial charge in [0.2, 0.25) is 5.91 Å². The SMILES string of the molecule is CCCC(=O)NCc1c(C(=O)O)[nH]c2ccc(OC)cc12. The lowest BCUT2D eigenvalue weighted by Crippen LogP contribution is -2.23. The van der Waals surface area contributed by atoms with Crippen molar-refractivity contribution in [3.63, 3.8) is 0 Å². The fourth-order valence-electron chi connectivity index (χ4n) is 2.22. The quantitative estimate of drug-likeness (QED) is 0.761. The van der Waals surface area contributed by atoms with Gasteiger partial charge in [0.25, 0.3) is 0 Å². The summed E-state index contributed by atoms with van der Waals surface area (Å²) in [6.07, 6.45) is 1.17. The second-order valence-corrected chi connectivity index (χ2v) is 4.72. The first-order valence-corrected chi connectivity index (χ1v) is 6.75. The molecule has 1 aromatic carbocycles. The molecule has 112 valence electrons. The van der Waals surface area contributed by atoms with Crippen LogP contribution in [0.4, 0.5) is 0 Å². The van der Waals surface area contributed by atoms with E-state index >= 15 is 0 Å². The van der Waals surface area contributed by atoms with Crippen molar-refractivity contribution in [3.05, 3.63) is 29.5 Å². The van der Waals surface area contributed by atoms with Crippen LogP contribution >= 0.6 is 0 Å². The Morgan fingerprint density at radius 1 is 1.38 bits per heavy atom. The molecule has 0 saturated heterocycles. The highest BCUT2D eigenvalue weighted by molar-refractivity contribution is 5.98. The Balaban J connectivity index is 2.39. The first kappa shape index (κ1) is 14.9.